The number of carbonyl (C=O) groups excluding carboxylic acids is 1. The van der Waals surface area contributed by atoms with E-state index in [0.29, 0.717) is 22.5 Å². The van der Waals surface area contributed by atoms with Gasteiger partial charge in [-0.3, -0.25) is 4.79 Å². The smallest absolute Gasteiger partial charge is 0.341 e. The number of rotatable bonds is 9. The number of hydrogen-bond donors (Lipinski definition) is 2. The monoisotopic (exact) mass is 490 g/mol. The van der Waals surface area contributed by atoms with Crippen LogP contribution < -0.4 is 14.5 Å². The number of carboxylic acid groups (broad SMARTS) is 2. The van der Waals surface area contributed by atoms with Crippen molar-refractivity contribution in [2.75, 3.05) is 18.2 Å². The van der Waals surface area contributed by atoms with Crippen molar-refractivity contribution in [3.8, 4) is 11.5 Å². The fourth-order valence-corrected chi connectivity index (χ4v) is 3.40. The lowest BCUT2D eigenvalue weighted by Crippen LogP contribution is -2.21. The molecule has 0 aromatic heterocycles. The van der Waals surface area contributed by atoms with Crippen LogP contribution in [0.25, 0.3) is 6.08 Å². The molecule has 3 aromatic rings. The number of hydrazone groups is 1. The van der Waals surface area contributed by atoms with Crippen LogP contribution in [0.2, 0.25) is 0 Å². The van der Waals surface area contributed by atoms with Crippen molar-refractivity contribution in [2.24, 2.45) is 5.10 Å². The number of halogens is 1. The minimum absolute atomic E-state index is 0.00737. The molecule has 0 atom stereocenters. The Morgan fingerprint density at radius 1 is 0.889 bits per heavy atom. The van der Waals surface area contributed by atoms with E-state index in [-0.39, 0.29) is 17.1 Å². The molecule has 10 heteroatoms. The third-order valence-electron chi connectivity index (χ3n) is 4.98. The van der Waals surface area contributed by atoms with Gasteiger partial charge in [-0.25, -0.2) is 14.0 Å². The van der Waals surface area contributed by atoms with Gasteiger partial charge in [-0.15, -0.1) is 0 Å². The molecule has 0 fully saturated rings. The third kappa shape index (κ3) is 5.55. The molecule has 0 unspecified atom stereocenters. The molecule has 2 N–H and O–H groups in total. The van der Waals surface area contributed by atoms with Gasteiger partial charge in [0, 0.05) is 5.56 Å². The van der Waals surface area contributed by atoms with Gasteiger partial charge >= 0.3 is 11.9 Å². The zero-order valence-corrected chi connectivity index (χ0v) is 18.6. The summed E-state index contributed by atoms with van der Waals surface area (Å²) in [5.74, 6) is -3.34. The Hall–Kier alpha value is -4.99. The lowest BCUT2D eigenvalue weighted by Gasteiger charge is -2.12. The lowest BCUT2D eigenvalue weighted by molar-refractivity contribution is -0.140. The molecule has 182 valence electrons. The van der Waals surface area contributed by atoms with Gasteiger partial charge in [-0.2, -0.15) is 10.1 Å². The second-order valence-corrected chi connectivity index (χ2v) is 7.54. The molecular weight excluding hydrogens is 471 g/mol. The Labute approximate surface area is 204 Å². The molecule has 1 heterocycles. The Balaban J connectivity index is 1.75. The van der Waals surface area contributed by atoms with E-state index in [1.54, 1.807) is 36.4 Å². The first-order valence-electron chi connectivity index (χ1n) is 10.6. The van der Waals surface area contributed by atoms with Crippen LogP contribution in [0.5, 0.6) is 11.5 Å². The number of aliphatic carboxylic acids is 2. The summed E-state index contributed by atoms with van der Waals surface area (Å²) in [6, 6.07) is 18.7. The van der Waals surface area contributed by atoms with Crippen LogP contribution in [-0.4, -0.2) is 47.0 Å². The van der Waals surface area contributed by atoms with E-state index < -0.39 is 36.9 Å². The van der Waals surface area contributed by atoms with Crippen molar-refractivity contribution >= 4 is 35.3 Å². The van der Waals surface area contributed by atoms with Gasteiger partial charge in [0.05, 0.1) is 11.3 Å². The molecule has 1 aliphatic heterocycles. The van der Waals surface area contributed by atoms with Crippen molar-refractivity contribution in [1.82, 2.24) is 0 Å². The Morgan fingerprint density at radius 3 is 2.17 bits per heavy atom. The van der Waals surface area contributed by atoms with Gasteiger partial charge in [-0.05, 0) is 48.0 Å². The van der Waals surface area contributed by atoms with Gasteiger partial charge in [0.2, 0.25) is 0 Å². The van der Waals surface area contributed by atoms with Gasteiger partial charge in [0.1, 0.15) is 11.5 Å². The molecule has 0 spiro atoms. The van der Waals surface area contributed by atoms with E-state index in [9.17, 15) is 18.8 Å². The Morgan fingerprint density at radius 2 is 1.53 bits per heavy atom. The number of anilines is 1. The van der Waals surface area contributed by atoms with Crippen LogP contribution in [0.3, 0.4) is 0 Å². The van der Waals surface area contributed by atoms with Crippen LogP contribution in [-0.2, 0) is 14.4 Å². The summed E-state index contributed by atoms with van der Waals surface area (Å²) >= 11 is 0. The highest BCUT2D eigenvalue weighted by molar-refractivity contribution is 6.37. The summed E-state index contributed by atoms with van der Waals surface area (Å²) in [6.45, 7) is -1.34. The zero-order valence-electron chi connectivity index (χ0n) is 18.6. The van der Waals surface area contributed by atoms with Crippen molar-refractivity contribution in [2.45, 2.75) is 0 Å². The predicted molar refractivity (Wildman–Crippen MR) is 128 cm³/mol. The summed E-state index contributed by atoms with van der Waals surface area (Å²) in [6.07, 6.45) is 1.55. The highest BCUT2D eigenvalue weighted by Gasteiger charge is 2.32. The molecule has 0 bridgehead atoms. The molecule has 1 aliphatic rings. The number of carboxylic acids is 2. The number of benzene rings is 3. The first kappa shape index (κ1) is 24.1. The topological polar surface area (TPSA) is 126 Å². The molecule has 0 saturated carbocycles. The number of carbonyl (C=O) groups is 3. The fourth-order valence-electron chi connectivity index (χ4n) is 3.40. The van der Waals surface area contributed by atoms with E-state index in [4.69, 9.17) is 19.7 Å². The average molecular weight is 490 g/mol. The van der Waals surface area contributed by atoms with Gasteiger partial charge in [0.15, 0.2) is 24.7 Å². The molecule has 0 radical (unpaired) electrons. The summed E-state index contributed by atoms with van der Waals surface area (Å²) in [7, 11) is 0. The van der Waals surface area contributed by atoms with Gasteiger partial charge in [0.25, 0.3) is 5.91 Å². The third-order valence-corrected chi connectivity index (χ3v) is 4.98. The predicted octanol–water partition coefficient (Wildman–Crippen LogP) is 3.59. The number of nitrogens with zero attached hydrogens (tertiary/aromatic N) is 2. The van der Waals surface area contributed by atoms with Crippen molar-refractivity contribution in [3.05, 3.63) is 95.3 Å². The quantitative estimate of drug-likeness (QED) is 0.439. The van der Waals surface area contributed by atoms with E-state index >= 15 is 0 Å². The fraction of sp³-hybridized carbons (Fsp3) is 0.0769. The van der Waals surface area contributed by atoms with Crippen molar-refractivity contribution < 1.29 is 38.5 Å². The largest absolute Gasteiger partial charge is 0.479 e. The maximum absolute atomic E-state index is 13.4. The van der Waals surface area contributed by atoms with E-state index in [1.807, 2.05) is 6.07 Å². The van der Waals surface area contributed by atoms with E-state index in [0.717, 1.165) is 0 Å². The lowest BCUT2D eigenvalue weighted by atomic mass is 10.00. The molecule has 36 heavy (non-hydrogen) atoms. The second-order valence-electron chi connectivity index (χ2n) is 7.54. The molecular formula is C26H19FN2O7. The number of ether oxygens (including phenoxy) is 2. The van der Waals surface area contributed by atoms with Gasteiger partial charge < -0.3 is 19.7 Å². The maximum Gasteiger partial charge on any atom is 0.341 e. The highest BCUT2D eigenvalue weighted by atomic mass is 19.1. The van der Waals surface area contributed by atoms with Crippen LogP contribution in [0, 0.1) is 5.82 Å². The SMILES string of the molecule is O=C(O)COc1ccc(/C=C2\C(=O)N(c3ccc(F)cc3)N=C2c2ccccc2)cc1OCC(=O)O. The average Bonchev–Trinajstić information content (AvgIpc) is 3.18. The first-order chi connectivity index (χ1) is 17.3. The first-order valence-corrected chi connectivity index (χ1v) is 10.6. The second kappa shape index (κ2) is 10.5. The van der Waals surface area contributed by atoms with Crippen molar-refractivity contribution in [3.63, 3.8) is 0 Å². The number of hydrogen-bond acceptors (Lipinski definition) is 6. The molecule has 4 rings (SSSR count). The zero-order chi connectivity index (χ0) is 25.7. The molecule has 9 nitrogen and oxygen atoms in total. The Bertz CT molecular complexity index is 1370. The molecule has 0 aliphatic carbocycles. The molecule has 3 aromatic carbocycles. The summed E-state index contributed by atoms with van der Waals surface area (Å²) in [4.78, 5) is 35.2. The standard InChI is InChI=1S/C26H19FN2O7/c27-18-7-9-19(10-8-18)29-26(34)20(25(28-29)17-4-2-1-3-5-17)12-16-6-11-21(35-14-23(30)31)22(13-16)36-15-24(32)33/h1-13H,14-15H2,(H,30,31)(H,32,33)/b20-12-. The van der Waals surface area contributed by atoms with E-state index in [2.05, 4.69) is 5.10 Å². The minimum atomic E-state index is -1.23. The maximum atomic E-state index is 13.4. The summed E-state index contributed by atoms with van der Waals surface area (Å²) in [5.41, 5.74) is 2.11. The number of amides is 1. The van der Waals surface area contributed by atoms with Crippen LogP contribution in [0.4, 0.5) is 10.1 Å². The Kier molecular flexibility index (Phi) is 7.05. The minimum Gasteiger partial charge on any atom is -0.479 e. The van der Waals surface area contributed by atoms with Crippen LogP contribution in [0.15, 0.2) is 83.5 Å². The van der Waals surface area contributed by atoms with Crippen LogP contribution in [0.1, 0.15) is 11.1 Å². The van der Waals surface area contributed by atoms with Crippen LogP contribution >= 0.6 is 0 Å². The summed E-state index contributed by atoms with van der Waals surface area (Å²) < 4.78 is 23.9. The molecule has 0 saturated heterocycles. The highest BCUT2D eigenvalue weighted by Crippen LogP contribution is 2.32. The van der Waals surface area contributed by atoms with E-state index in [1.165, 1.54) is 41.4 Å². The normalized spacial score (nSPS) is 14.0. The van der Waals surface area contributed by atoms with Gasteiger partial charge in [-0.1, -0.05) is 36.4 Å². The summed E-state index contributed by atoms with van der Waals surface area (Å²) in [5, 5.41) is 23.5. The van der Waals surface area contributed by atoms with Crippen molar-refractivity contribution in [1.29, 1.82) is 0 Å². The molecule has 1 amide bonds.